The zero-order valence-corrected chi connectivity index (χ0v) is 15.2. The standard InChI is InChI=1S/C18H29N5O/c1-14(2)13-24-11-7-10-20-18(19-3)21-12-17-22-15-8-5-6-9-16(15)23(17)4/h5-6,8-9,14H,7,10-13H2,1-4H3,(H2,19,20,21). The summed E-state index contributed by atoms with van der Waals surface area (Å²) in [5, 5.41) is 6.61. The maximum absolute atomic E-state index is 5.58. The Morgan fingerprint density at radius 3 is 2.79 bits per heavy atom. The van der Waals surface area contributed by atoms with Gasteiger partial charge in [0.15, 0.2) is 5.96 Å². The summed E-state index contributed by atoms with van der Waals surface area (Å²) in [4.78, 5) is 8.90. The Morgan fingerprint density at radius 1 is 1.29 bits per heavy atom. The van der Waals surface area contributed by atoms with Crippen LogP contribution in [0.15, 0.2) is 29.3 Å². The molecule has 0 spiro atoms. The highest BCUT2D eigenvalue weighted by atomic mass is 16.5. The fourth-order valence-electron chi connectivity index (χ4n) is 2.44. The zero-order valence-electron chi connectivity index (χ0n) is 15.2. The fraction of sp³-hybridized carbons (Fsp3) is 0.556. The van der Waals surface area contributed by atoms with E-state index < -0.39 is 0 Å². The minimum Gasteiger partial charge on any atom is -0.381 e. The van der Waals surface area contributed by atoms with E-state index in [2.05, 4.69) is 45.1 Å². The first-order valence-corrected chi connectivity index (χ1v) is 8.54. The van der Waals surface area contributed by atoms with Crippen LogP contribution in [-0.2, 0) is 18.3 Å². The normalized spacial score (nSPS) is 12.1. The maximum Gasteiger partial charge on any atom is 0.191 e. The van der Waals surface area contributed by atoms with Gasteiger partial charge < -0.3 is 19.9 Å². The van der Waals surface area contributed by atoms with E-state index in [-0.39, 0.29) is 0 Å². The Morgan fingerprint density at radius 2 is 2.08 bits per heavy atom. The van der Waals surface area contributed by atoms with Gasteiger partial charge >= 0.3 is 0 Å². The van der Waals surface area contributed by atoms with Gasteiger partial charge in [-0.3, -0.25) is 4.99 Å². The Balaban J connectivity index is 1.76. The number of hydrogen-bond acceptors (Lipinski definition) is 3. The molecule has 2 aromatic rings. The number of aromatic nitrogens is 2. The van der Waals surface area contributed by atoms with Crippen molar-refractivity contribution < 1.29 is 4.74 Å². The van der Waals surface area contributed by atoms with Gasteiger partial charge in [-0.1, -0.05) is 26.0 Å². The summed E-state index contributed by atoms with van der Waals surface area (Å²) in [6, 6.07) is 8.15. The van der Waals surface area contributed by atoms with Crippen LogP contribution in [0, 0.1) is 5.92 Å². The molecule has 0 saturated heterocycles. The minimum atomic E-state index is 0.584. The summed E-state index contributed by atoms with van der Waals surface area (Å²) in [5.74, 6) is 2.35. The number of nitrogens with one attached hydrogen (secondary N) is 2. The predicted octanol–water partition coefficient (Wildman–Crippen LogP) is 2.30. The van der Waals surface area contributed by atoms with E-state index in [1.54, 1.807) is 7.05 Å². The Kier molecular flexibility index (Phi) is 7.06. The molecule has 0 saturated carbocycles. The van der Waals surface area contributed by atoms with Gasteiger partial charge in [0, 0.05) is 33.9 Å². The van der Waals surface area contributed by atoms with Crippen LogP contribution >= 0.6 is 0 Å². The summed E-state index contributed by atoms with van der Waals surface area (Å²) in [6.07, 6.45) is 0.958. The van der Waals surface area contributed by atoms with Gasteiger partial charge in [-0.2, -0.15) is 0 Å². The molecule has 1 heterocycles. The Hall–Kier alpha value is -2.08. The highest BCUT2D eigenvalue weighted by Gasteiger charge is 2.07. The van der Waals surface area contributed by atoms with Crippen molar-refractivity contribution in [2.24, 2.45) is 18.0 Å². The maximum atomic E-state index is 5.58. The number of nitrogens with zero attached hydrogens (tertiary/aromatic N) is 3. The second-order valence-electron chi connectivity index (χ2n) is 6.25. The zero-order chi connectivity index (χ0) is 17.4. The smallest absolute Gasteiger partial charge is 0.191 e. The van der Waals surface area contributed by atoms with Crippen LogP contribution < -0.4 is 10.6 Å². The van der Waals surface area contributed by atoms with Gasteiger partial charge in [0.25, 0.3) is 0 Å². The predicted molar refractivity (Wildman–Crippen MR) is 99.2 cm³/mol. The molecule has 0 amide bonds. The van der Waals surface area contributed by atoms with E-state index in [9.17, 15) is 0 Å². The number of hydrogen-bond donors (Lipinski definition) is 2. The highest BCUT2D eigenvalue weighted by Crippen LogP contribution is 2.13. The lowest BCUT2D eigenvalue weighted by Gasteiger charge is -2.12. The lowest BCUT2D eigenvalue weighted by molar-refractivity contribution is 0.108. The van der Waals surface area contributed by atoms with Crippen molar-refractivity contribution in [3.05, 3.63) is 30.1 Å². The summed E-state index contributed by atoms with van der Waals surface area (Å²) in [5.41, 5.74) is 2.15. The van der Waals surface area contributed by atoms with Crippen LogP contribution in [0.5, 0.6) is 0 Å². The Labute approximate surface area is 144 Å². The van der Waals surface area contributed by atoms with Gasteiger partial charge in [0.05, 0.1) is 17.6 Å². The first-order chi connectivity index (χ1) is 11.6. The first kappa shape index (κ1) is 18.3. The summed E-state index contributed by atoms with van der Waals surface area (Å²) < 4.78 is 7.68. The van der Waals surface area contributed by atoms with Gasteiger partial charge in [-0.25, -0.2) is 4.98 Å². The number of imidazole rings is 1. The first-order valence-electron chi connectivity index (χ1n) is 8.54. The molecule has 6 heteroatoms. The third-order valence-corrected chi connectivity index (χ3v) is 3.73. The highest BCUT2D eigenvalue weighted by molar-refractivity contribution is 5.80. The van der Waals surface area contributed by atoms with E-state index >= 15 is 0 Å². The Bertz CT molecular complexity index is 662. The number of fused-ring (bicyclic) bond motifs is 1. The number of ether oxygens (including phenoxy) is 1. The van der Waals surface area contributed by atoms with Crippen molar-refractivity contribution in [2.45, 2.75) is 26.8 Å². The van der Waals surface area contributed by atoms with Crippen molar-refractivity contribution in [3.8, 4) is 0 Å². The lowest BCUT2D eigenvalue weighted by Crippen LogP contribution is -2.38. The van der Waals surface area contributed by atoms with Crippen molar-refractivity contribution in [1.29, 1.82) is 0 Å². The molecule has 0 aliphatic carbocycles. The van der Waals surface area contributed by atoms with Crippen LogP contribution in [-0.4, -0.2) is 42.3 Å². The average molecular weight is 331 g/mol. The topological polar surface area (TPSA) is 63.5 Å². The lowest BCUT2D eigenvalue weighted by atomic mass is 10.2. The van der Waals surface area contributed by atoms with Crippen LogP contribution in [0.1, 0.15) is 26.1 Å². The average Bonchev–Trinajstić information content (AvgIpc) is 2.90. The SMILES string of the molecule is CN=C(NCCCOCC(C)C)NCc1nc2ccccc2n1C. The van der Waals surface area contributed by atoms with Crippen molar-refractivity contribution in [3.63, 3.8) is 0 Å². The van der Waals surface area contributed by atoms with E-state index in [1.165, 1.54) is 0 Å². The van der Waals surface area contributed by atoms with E-state index in [4.69, 9.17) is 4.74 Å². The van der Waals surface area contributed by atoms with Gasteiger partial charge in [0.1, 0.15) is 5.82 Å². The van der Waals surface area contributed by atoms with Crippen LogP contribution in [0.3, 0.4) is 0 Å². The molecular weight excluding hydrogens is 302 g/mol. The van der Waals surface area contributed by atoms with Crippen LogP contribution in [0.4, 0.5) is 0 Å². The molecule has 0 bridgehead atoms. The van der Waals surface area contributed by atoms with E-state index in [1.807, 2.05) is 25.2 Å². The number of para-hydroxylation sites is 2. The van der Waals surface area contributed by atoms with Crippen LogP contribution in [0.2, 0.25) is 0 Å². The number of aliphatic imine (C=N–C) groups is 1. The largest absolute Gasteiger partial charge is 0.381 e. The van der Waals surface area contributed by atoms with Gasteiger partial charge in [-0.05, 0) is 24.5 Å². The second-order valence-corrected chi connectivity index (χ2v) is 6.25. The molecule has 0 radical (unpaired) electrons. The monoisotopic (exact) mass is 331 g/mol. The number of rotatable bonds is 8. The van der Waals surface area contributed by atoms with Gasteiger partial charge in [0.2, 0.25) is 0 Å². The fourth-order valence-corrected chi connectivity index (χ4v) is 2.44. The molecule has 132 valence electrons. The summed E-state index contributed by atoms with van der Waals surface area (Å²) in [6.45, 7) is 7.37. The van der Waals surface area contributed by atoms with Crippen LogP contribution in [0.25, 0.3) is 11.0 Å². The molecule has 0 unspecified atom stereocenters. The summed E-state index contributed by atoms with van der Waals surface area (Å²) >= 11 is 0. The number of guanidine groups is 1. The molecule has 2 rings (SSSR count). The molecule has 6 nitrogen and oxygen atoms in total. The molecule has 1 aromatic heterocycles. The molecule has 0 aliphatic rings. The quantitative estimate of drug-likeness (QED) is 0.443. The third-order valence-electron chi connectivity index (χ3n) is 3.73. The van der Waals surface area contributed by atoms with Crippen molar-refractivity contribution in [2.75, 3.05) is 26.8 Å². The van der Waals surface area contributed by atoms with Gasteiger partial charge in [-0.15, -0.1) is 0 Å². The second kappa shape index (κ2) is 9.27. The van der Waals surface area contributed by atoms with E-state index in [0.29, 0.717) is 12.5 Å². The number of aryl methyl sites for hydroxylation is 1. The molecule has 0 fully saturated rings. The van der Waals surface area contributed by atoms with Crippen molar-refractivity contribution >= 4 is 17.0 Å². The summed E-state index contributed by atoms with van der Waals surface area (Å²) in [7, 11) is 3.81. The molecule has 2 N–H and O–H groups in total. The van der Waals surface area contributed by atoms with E-state index in [0.717, 1.165) is 49.0 Å². The van der Waals surface area contributed by atoms with Crippen molar-refractivity contribution in [1.82, 2.24) is 20.2 Å². The number of benzene rings is 1. The molecular formula is C18H29N5O. The molecule has 1 aromatic carbocycles. The third kappa shape index (κ3) is 5.23. The minimum absolute atomic E-state index is 0.584. The molecule has 0 aliphatic heterocycles. The molecule has 0 atom stereocenters. The molecule has 24 heavy (non-hydrogen) atoms.